The van der Waals surface area contributed by atoms with E-state index in [1.165, 1.54) is 16.8 Å². The number of nitrogens with zero attached hydrogens (tertiary/aromatic N) is 6. The van der Waals surface area contributed by atoms with Gasteiger partial charge in [-0.15, -0.1) is 0 Å². The molecule has 2 aromatic heterocycles. The lowest BCUT2D eigenvalue weighted by Gasteiger charge is -2.36. The first-order chi connectivity index (χ1) is 15.3. The van der Waals surface area contributed by atoms with Gasteiger partial charge in [0.1, 0.15) is 5.69 Å². The lowest BCUT2D eigenvalue weighted by molar-refractivity contribution is 0.0737. The molecule has 0 unspecified atom stereocenters. The Bertz CT molecular complexity index is 1270. The van der Waals surface area contributed by atoms with Gasteiger partial charge in [-0.1, -0.05) is 0 Å². The van der Waals surface area contributed by atoms with Crippen LogP contribution < -0.4 is 16.0 Å². The first kappa shape index (κ1) is 21.7. The van der Waals surface area contributed by atoms with E-state index in [1.54, 1.807) is 15.8 Å². The van der Waals surface area contributed by atoms with Crippen molar-refractivity contribution in [1.82, 2.24) is 24.2 Å². The minimum Gasteiger partial charge on any atom is -0.368 e. The van der Waals surface area contributed by atoms with Gasteiger partial charge in [0.05, 0.1) is 23.3 Å². The maximum Gasteiger partial charge on any atom is 0.274 e. The van der Waals surface area contributed by atoms with Crippen LogP contribution in [0.2, 0.25) is 0 Å². The third-order valence-corrected chi connectivity index (χ3v) is 5.79. The maximum atomic E-state index is 12.9. The van der Waals surface area contributed by atoms with Gasteiger partial charge in [-0.2, -0.15) is 5.10 Å². The molecule has 0 saturated carbocycles. The summed E-state index contributed by atoms with van der Waals surface area (Å²) in [6.45, 7) is 10.0. The first-order valence-corrected chi connectivity index (χ1v) is 10.9. The smallest absolute Gasteiger partial charge is 0.274 e. The third kappa shape index (κ3) is 4.02. The van der Waals surface area contributed by atoms with E-state index in [4.69, 9.17) is 0 Å². The largest absolute Gasteiger partial charge is 0.368 e. The molecule has 0 spiro atoms. The molecule has 1 aromatic carbocycles. The normalized spacial score (nSPS) is 14.6. The first-order valence-electron chi connectivity index (χ1n) is 10.9. The molecule has 0 aliphatic carbocycles. The number of carbonyl (C=O) groups excluding carboxylic acids is 1. The van der Waals surface area contributed by atoms with Crippen molar-refractivity contribution in [3.05, 3.63) is 63.1 Å². The third-order valence-electron chi connectivity index (χ3n) is 5.79. The Morgan fingerprint density at radius 2 is 1.66 bits per heavy atom. The van der Waals surface area contributed by atoms with Crippen LogP contribution in [0.5, 0.6) is 0 Å². The highest BCUT2D eigenvalue weighted by molar-refractivity contribution is 5.92. The number of carbonyl (C=O) groups is 1. The average molecular weight is 437 g/mol. The Hall–Kier alpha value is -3.49. The standard InChI is InChI=1S/C23H28N6O3/c1-15(2)28-14-24-20-13-17(5-6-18(20)22(28)31)26-9-11-27(12-10-26)23(32)19-7-8-21(30)29(25-19)16(3)4/h5-8,13-16H,9-12H2,1-4H3. The maximum absolute atomic E-state index is 12.9. The molecule has 9 heteroatoms. The molecule has 0 atom stereocenters. The summed E-state index contributed by atoms with van der Waals surface area (Å²) in [5, 5.41) is 4.85. The molecule has 168 valence electrons. The summed E-state index contributed by atoms with van der Waals surface area (Å²) in [6.07, 6.45) is 1.60. The van der Waals surface area contributed by atoms with Gasteiger partial charge >= 0.3 is 0 Å². The van der Waals surface area contributed by atoms with Gasteiger partial charge < -0.3 is 9.80 Å². The molecule has 9 nitrogen and oxygen atoms in total. The summed E-state index contributed by atoms with van der Waals surface area (Å²) in [4.78, 5) is 45.9. The zero-order chi connectivity index (χ0) is 23.0. The number of fused-ring (bicyclic) bond motifs is 1. The highest BCUT2D eigenvalue weighted by Crippen LogP contribution is 2.21. The van der Waals surface area contributed by atoms with Crippen LogP contribution in [0, 0.1) is 0 Å². The van der Waals surface area contributed by atoms with Crippen LogP contribution in [0.15, 0.2) is 46.2 Å². The van der Waals surface area contributed by atoms with E-state index >= 15 is 0 Å². The second kappa shape index (κ2) is 8.57. The summed E-state index contributed by atoms with van der Waals surface area (Å²) >= 11 is 0. The van der Waals surface area contributed by atoms with Gasteiger partial charge in [-0.25, -0.2) is 9.67 Å². The van der Waals surface area contributed by atoms with E-state index in [0.717, 1.165) is 5.69 Å². The van der Waals surface area contributed by atoms with E-state index in [2.05, 4.69) is 15.0 Å². The molecule has 1 aliphatic heterocycles. The highest BCUT2D eigenvalue weighted by atomic mass is 16.2. The molecule has 3 heterocycles. The fraction of sp³-hybridized carbons (Fsp3) is 0.435. The van der Waals surface area contributed by atoms with Crippen LogP contribution >= 0.6 is 0 Å². The van der Waals surface area contributed by atoms with Crippen LogP contribution in [0.1, 0.15) is 50.3 Å². The quantitative estimate of drug-likeness (QED) is 0.622. The van der Waals surface area contributed by atoms with E-state index in [-0.39, 0.29) is 34.8 Å². The monoisotopic (exact) mass is 436 g/mol. The van der Waals surface area contributed by atoms with Gasteiger partial charge in [-0.3, -0.25) is 19.0 Å². The van der Waals surface area contributed by atoms with Crippen molar-refractivity contribution in [2.45, 2.75) is 39.8 Å². The van der Waals surface area contributed by atoms with Crippen molar-refractivity contribution in [2.24, 2.45) is 0 Å². The Morgan fingerprint density at radius 1 is 0.938 bits per heavy atom. The Labute approximate surface area is 185 Å². The fourth-order valence-electron chi connectivity index (χ4n) is 3.93. The minimum absolute atomic E-state index is 0.0396. The van der Waals surface area contributed by atoms with Crippen molar-refractivity contribution < 1.29 is 4.79 Å². The van der Waals surface area contributed by atoms with Crippen LogP contribution in [0.25, 0.3) is 10.9 Å². The second-order valence-corrected chi connectivity index (χ2v) is 8.63. The molecule has 4 rings (SSSR count). The SMILES string of the molecule is CC(C)n1cnc2cc(N3CCN(C(=O)c4ccc(=O)n(C(C)C)n4)CC3)ccc2c1=O. The molecule has 1 saturated heterocycles. The van der Waals surface area contributed by atoms with Crippen LogP contribution in [-0.2, 0) is 0 Å². The summed E-state index contributed by atoms with van der Waals surface area (Å²) in [6, 6.07) is 8.53. The zero-order valence-corrected chi connectivity index (χ0v) is 18.9. The number of hydrogen-bond acceptors (Lipinski definition) is 6. The summed E-state index contributed by atoms with van der Waals surface area (Å²) in [7, 11) is 0. The summed E-state index contributed by atoms with van der Waals surface area (Å²) in [5.74, 6) is -0.173. The summed E-state index contributed by atoms with van der Waals surface area (Å²) < 4.78 is 2.96. The van der Waals surface area contributed by atoms with Crippen LogP contribution in [0.4, 0.5) is 5.69 Å². The lowest BCUT2D eigenvalue weighted by atomic mass is 10.2. The molecular weight excluding hydrogens is 408 g/mol. The Kier molecular flexibility index (Phi) is 5.82. The van der Waals surface area contributed by atoms with Crippen molar-refractivity contribution in [1.29, 1.82) is 0 Å². The van der Waals surface area contributed by atoms with E-state index < -0.39 is 0 Å². The number of rotatable bonds is 4. The second-order valence-electron chi connectivity index (χ2n) is 8.63. The number of anilines is 1. The van der Waals surface area contributed by atoms with Gasteiger partial charge in [0.2, 0.25) is 0 Å². The minimum atomic E-state index is -0.216. The van der Waals surface area contributed by atoms with Gasteiger partial charge in [0.25, 0.3) is 17.0 Å². The topological polar surface area (TPSA) is 93.3 Å². The van der Waals surface area contributed by atoms with Crippen molar-refractivity contribution >= 4 is 22.5 Å². The predicted octanol–water partition coefficient (Wildman–Crippen LogP) is 2.08. The molecule has 1 amide bonds. The molecule has 32 heavy (non-hydrogen) atoms. The number of hydrogen-bond donors (Lipinski definition) is 0. The van der Waals surface area contributed by atoms with E-state index in [1.807, 2.05) is 45.9 Å². The van der Waals surface area contributed by atoms with E-state index in [9.17, 15) is 14.4 Å². The molecule has 0 bridgehead atoms. The van der Waals surface area contributed by atoms with Crippen molar-refractivity contribution in [3.8, 4) is 0 Å². The van der Waals surface area contributed by atoms with Gasteiger partial charge in [-0.05, 0) is 52.0 Å². The van der Waals surface area contributed by atoms with Gasteiger partial charge in [0, 0.05) is 44.0 Å². The fourth-order valence-corrected chi connectivity index (χ4v) is 3.93. The number of aromatic nitrogens is 4. The number of benzene rings is 1. The van der Waals surface area contributed by atoms with Gasteiger partial charge in [0.15, 0.2) is 0 Å². The number of piperazine rings is 1. The molecule has 1 fully saturated rings. The molecular formula is C23H28N6O3. The van der Waals surface area contributed by atoms with E-state index in [0.29, 0.717) is 37.1 Å². The van der Waals surface area contributed by atoms with Crippen molar-refractivity contribution in [3.63, 3.8) is 0 Å². The molecule has 3 aromatic rings. The average Bonchev–Trinajstić information content (AvgIpc) is 2.78. The van der Waals surface area contributed by atoms with Crippen LogP contribution in [-0.4, -0.2) is 56.3 Å². The number of amides is 1. The highest BCUT2D eigenvalue weighted by Gasteiger charge is 2.24. The predicted molar refractivity (Wildman–Crippen MR) is 123 cm³/mol. The molecule has 1 aliphatic rings. The Morgan fingerprint density at radius 3 is 2.31 bits per heavy atom. The lowest BCUT2D eigenvalue weighted by Crippen LogP contribution is -2.49. The molecule has 0 radical (unpaired) electrons. The van der Waals surface area contributed by atoms with Crippen LogP contribution in [0.3, 0.4) is 0 Å². The summed E-state index contributed by atoms with van der Waals surface area (Å²) in [5.41, 5.74) is 1.67. The molecule has 0 N–H and O–H groups in total. The zero-order valence-electron chi connectivity index (χ0n) is 18.9. The van der Waals surface area contributed by atoms with Crippen molar-refractivity contribution in [2.75, 3.05) is 31.1 Å². The Balaban J connectivity index is 1.49.